The first-order valence-electron chi connectivity index (χ1n) is 9.65. The highest BCUT2D eigenvalue weighted by molar-refractivity contribution is 5.99. The summed E-state index contributed by atoms with van der Waals surface area (Å²) in [5.74, 6) is 0.109. The van der Waals surface area contributed by atoms with Gasteiger partial charge in [0, 0.05) is 54.9 Å². The van der Waals surface area contributed by atoms with Gasteiger partial charge in [0.2, 0.25) is 0 Å². The molecule has 2 aromatic carbocycles. The van der Waals surface area contributed by atoms with E-state index < -0.39 is 0 Å². The smallest absolute Gasteiger partial charge is 0.253 e. The van der Waals surface area contributed by atoms with Gasteiger partial charge in [-0.05, 0) is 55.3 Å². The molecule has 5 nitrogen and oxygen atoms in total. The van der Waals surface area contributed by atoms with Crippen LogP contribution < -0.4 is 0 Å². The molecule has 0 atom stereocenters. The lowest BCUT2D eigenvalue weighted by molar-refractivity contribution is 0.0628. The predicted octanol–water partition coefficient (Wildman–Crippen LogP) is 3.61. The van der Waals surface area contributed by atoms with Crippen molar-refractivity contribution in [2.24, 2.45) is 0 Å². The zero-order valence-corrected chi connectivity index (χ0v) is 16.3. The molecule has 1 aliphatic rings. The summed E-state index contributed by atoms with van der Waals surface area (Å²) in [5.41, 5.74) is 6.08. The number of carbonyl (C=O) groups excluding carboxylic acids is 1. The second-order valence-corrected chi connectivity index (χ2v) is 7.51. The number of amides is 1. The van der Waals surface area contributed by atoms with Gasteiger partial charge in [-0.15, -0.1) is 0 Å². The summed E-state index contributed by atoms with van der Waals surface area (Å²) in [4.78, 5) is 20.6. The third-order valence-corrected chi connectivity index (χ3v) is 5.70. The maximum absolute atomic E-state index is 13.0. The van der Waals surface area contributed by atoms with E-state index in [0.717, 1.165) is 54.9 Å². The summed E-state index contributed by atoms with van der Waals surface area (Å²) >= 11 is 0. The quantitative estimate of drug-likeness (QED) is 0.764. The van der Waals surface area contributed by atoms with E-state index in [1.807, 2.05) is 47.4 Å². The van der Waals surface area contributed by atoms with Crippen molar-refractivity contribution in [3.8, 4) is 6.07 Å². The molecule has 0 radical (unpaired) electrons. The fourth-order valence-corrected chi connectivity index (χ4v) is 3.83. The lowest BCUT2D eigenvalue weighted by Gasteiger charge is -2.34. The summed E-state index contributed by atoms with van der Waals surface area (Å²) in [6, 6.07) is 15.8. The highest BCUT2D eigenvalue weighted by Gasteiger charge is 2.22. The normalized spacial score (nSPS) is 15.0. The Labute approximate surface area is 165 Å². The number of aromatic nitrogens is 1. The van der Waals surface area contributed by atoms with Gasteiger partial charge in [0.1, 0.15) is 0 Å². The molecule has 1 saturated heterocycles. The van der Waals surface area contributed by atoms with Crippen LogP contribution in [0, 0.1) is 25.2 Å². The highest BCUT2D eigenvalue weighted by atomic mass is 16.2. The second-order valence-electron chi connectivity index (χ2n) is 7.51. The Hall–Kier alpha value is -3.10. The van der Waals surface area contributed by atoms with Crippen molar-refractivity contribution in [2.45, 2.75) is 20.4 Å². The molecule has 142 valence electrons. The summed E-state index contributed by atoms with van der Waals surface area (Å²) in [7, 11) is 0. The molecule has 3 aromatic rings. The van der Waals surface area contributed by atoms with Crippen LogP contribution in [0.4, 0.5) is 0 Å². The Morgan fingerprint density at radius 2 is 1.79 bits per heavy atom. The van der Waals surface area contributed by atoms with Crippen molar-refractivity contribution < 1.29 is 4.79 Å². The number of rotatable bonds is 3. The van der Waals surface area contributed by atoms with Crippen molar-refractivity contribution in [3.05, 3.63) is 70.4 Å². The summed E-state index contributed by atoms with van der Waals surface area (Å²) < 4.78 is 0. The minimum Gasteiger partial charge on any atom is -0.358 e. The van der Waals surface area contributed by atoms with Gasteiger partial charge in [-0.1, -0.05) is 12.1 Å². The first kappa shape index (κ1) is 18.3. The molecule has 1 N–H and O–H groups in total. The Morgan fingerprint density at radius 3 is 2.46 bits per heavy atom. The summed E-state index contributed by atoms with van der Waals surface area (Å²) in [6.45, 7) is 8.18. The van der Waals surface area contributed by atoms with Crippen molar-refractivity contribution in [1.82, 2.24) is 14.8 Å². The zero-order valence-electron chi connectivity index (χ0n) is 16.3. The summed E-state index contributed by atoms with van der Waals surface area (Å²) in [5, 5.41) is 10.0. The third kappa shape index (κ3) is 3.51. The van der Waals surface area contributed by atoms with E-state index in [4.69, 9.17) is 5.26 Å². The first-order valence-corrected chi connectivity index (χ1v) is 9.65. The molecule has 0 aliphatic carbocycles. The van der Waals surface area contributed by atoms with E-state index in [9.17, 15) is 4.79 Å². The van der Waals surface area contributed by atoms with Crippen LogP contribution in [0.15, 0.2) is 42.5 Å². The minimum atomic E-state index is 0.109. The van der Waals surface area contributed by atoms with Crippen LogP contribution in [-0.4, -0.2) is 46.9 Å². The Kier molecular flexibility index (Phi) is 4.89. The minimum absolute atomic E-state index is 0.109. The van der Waals surface area contributed by atoms with Crippen LogP contribution in [0.1, 0.15) is 32.7 Å². The maximum atomic E-state index is 13.0. The van der Waals surface area contributed by atoms with Gasteiger partial charge >= 0.3 is 0 Å². The average molecular weight is 372 g/mol. The summed E-state index contributed by atoms with van der Waals surface area (Å²) in [6.07, 6.45) is 0. The topological polar surface area (TPSA) is 63.1 Å². The number of benzene rings is 2. The molecule has 0 unspecified atom stereocenters. The van der Waals surface area contributed by atoms with Gasteiger partial charge in [0.25, 0.3) is 5.91 Å². The van der Waals surface area contributed by atoms with Gasteiger partial charge in [0.15, 0.2) is 0 Å². The molecule has 1 aromatic heterocycles. The molecular weight excluding hydrogens is 348 g/mol. The van der Waals surface area contributed by atoms with Crippen molar-refractivity contribution >= 4 is 16.8 Å². The largest absolute Gasteiger partial charge is 0.358 e. The predicted molar refractivity (Wildman–Crippen MR) is 110 cm³/mol. The fourth-order valence-electron chi connectivity index (χ4n) is 3.83. The molecule has 2 heterocycles. The van der Waals surface area contributed by atoms with Gasteiger partial charge in [-0.3, -0.25) is 9.69 Å². The number of fused-ring (bicyclic) bond motifs is 1. The molecule has 4 rings (SSSR count). The lowest BCUT2D eigenvalue weighted by atomic mass is 10.1. The number of nitrogens with zero attached hydrogens (tertiary/aromatic N) is 3. The third-order valence-electron chi connectivity index (χ3n) is 5.70. The monoisotopic (exact) mass is 372 g/mol. The van der Waals surface area contributed by atoms with Gasteiger partial charge in [-0.25, -0.2) is 0 Å². The molecule has 0 bridgehead atoms. The van der Waals surface area contributed by atoms with E-state index in [1.165, 1.54) is 11.1 Å². The van der Waals surface area contributed by atoms with Crippen LogP contribution in [0.2, 0.25) is 0 Å². The molecule has 28 heavy (non-hydrogen) atoms. The fraction of sp³-hybridized carbons (Fsp3) is 0.304. The number of aromatic amines is 1. The van der Waals surface area contributed by atoms with Gasteiger partial charge < -0.3 is 9.88 Å². The van der Waals surface area contributed by atoms with E-state index in [2.05, 4.69) is 29.8 Å². The average Bonchev–Trinajstić information content (AvgIpc) is 3.02. The van der Waals surface area contributed by atoms with Gasteiger partial charge in [0.05, 0.1) is 11.6 Å². The maximum Gasteiger partial charge on any atom is 0.253 e. The number of aryl methyl sites for hydroxylation is 2. The SMILES string of the molecule is Cc1[nH]c2ccc(C(=O)N3CCN(Cc4ccc(C#N)cc4)CC3)cc2c1C. The Morgan fingerprint density at radius 1 is 1.07 bits per heavy atom. The molecule has 0 saturated carbocycles. The molecular formula is C23H24N4O. The van der Waals surface area contributed by atoms with E-state index in [0.29, 0.717) is 5.56 Å². The molecule has 0 spiro atoms. The van der Waals surface area contributed by atoms with Crippen molar-refractivity contribution in [1.29, 1.82) is 5.26 Å². The molecule has 1 fully saturated rings. The number of hydrogen-bond acceptors (Lipinski definition) is 3. The van der Waals surface area contributed by atoms with Gasteiger partial charge in [-0.2, -0.15) is 5.26 Å². The van der Waals surface area contributed by atoms with E-state index >= 15 is 0 Å². The number of piperazine rings is 1. The van der Waals surface area contributed by atoms with Crippen molar-refractivity contribution in [2.75, 3.05) is 26.2 Å². The van der Waals surface area contributed by atoms with Crippen LogP contribution in [-0.2, 0) is 6.54 Å². The Bertz CT molecular complexity index is 1050. The molecule has 5 heteroatoms. The lowest BCUT2D eigenvalue weighted by Crippen LogP contribution is -2.48. The van der Waals surface area contributed by atoms with Crippen LogP contribution in [0.5, 0.6) is 0 Å². The first-order chi connectivity index (χ1) is 13.5. The van der Waals surface area contributed by atoms with E-state index in [-0.39, 0.29) is 5.91 Å². The van der Waals surface area contributed by atoms with Crippen LogP contribution >= 0.6 is 0 Å². The molecule has 1 amide bonds. The number of carbonyl (C=O) groups is 1. The number of nitrogens with one attached hydrogen (secondary N) is 1. The Balaban J connectivity index is 1.39. The number of H-pyrrole nitrogens is 1. The number of hydrogen-bond donors (Lipinski definition) is 1. The standard InChI is InChI=1S/C23H24N4O/c1-16-17(2)25-22-8-7-20(13-21(16)22)23(28)27-11-9-26(10-12-27)15-19-5-3-18(14-24)4-6-19/h3-8,13,25H,9-12,15H2,1-2H3. The zero-order chi connectivity index (χ0) is 19.7. The van der Waals surface area contributed by atoms with E-state index in [1.54, 1.807) is 0 Å². The number of nitriles is 1. The second kappa shape index (κ2) is 7.49. The van der Waals surface area contributed by atoms with Crippen LogP contribution in [0.25, 0.3) is 10.9 Å². The van der Waals surface area contributed by atoms with Crippen LogP contribution in [0.3, 0.4) is 0 Å². The van der Waals surface area contributed by atoms with Crippen molar-refractivity contribution in [3.63, 3.8) is 0 Å². The molecule has 1 aliphatic heterocycles. The highest BCUT2D eigenvalue weighted by Crippen LogP contribution is 2.23.